The lowest BCUT2D eigenvalue weighted by Gasteiger charge is -2.24. The van der Waals surface area contributed by atoms with Crippen molar-refractivity contribution in [3.8, 4) is 5.69 Å². The van der Waals surface area contributed by atoms with Crippen LogP contribution in [0, 0.1) is 12.8 Å². The highest BCUT2D eigenvalue weighted by atomic mass is 32.2. The van der Waals surface area contributed by atoms with Crippen molar-refractivity contribution < 1.29 is 8.42 Å². The number of para-hydroxylation sites is 2. The third kappa shape index (κ3) is 4.73. The van der Waals surface area contributed by atoms with Crippen LogP contribution in [0.4, 0.5) is 5.69 Å². The number of nitrogens with zero attached hydrogens (tertiary/aromatic N) is 2. The predicted molar refractivity (Wildman–Crippen MR) is 135 cm³/mol. The van der Waals surface area contributed by atoms with Gasteiger partial charge in [0, 0.05) is 5.69 Å². The minimum atomic E-state index is -3.91. The number of hydrogen-bond donors (Lipinski definition) is 2. The van der Waals surface area contributed by atoms with Gasteiger partial charge in [-0.3, -0.25) is 9.36 Å². The number of nitrogens with two attached hydrogens (primary N) is 1. The molecule has 0 fully saturated rings. The maximum absolute atomic E-state index is 13.7. The molecule has 1 aromatic heterocycles. The van der Waals surface area contributed by atoms with Crippen LogP contribution in [0.2, 0.25) is 0 Å². The van der Waals surface area contributed by atoms with E-state index in [-0.39, 0.29) is 16.4 Å². The van der Waals surface area contributed by atoms with Gasteiger partial charge in [0.15, 0.2) is 0 Å². The molecule has 176 valence electrons. The lowest BCUT2D eigenvalue weighted by Crippen LogP contribution is -2.35. The van der Waals surface area contributed by atoms with Crippen LogP contribution >= 0.6 is 0 Å². The number of fused-ring (bicyclic) bond motifs is 1. The molecule has 0 aliphatic heterocycles. The van der Waals surface area contributed by atoms with E-state index in [1.54, 1.807) is 30.3 Å². The summed E-state index contributed by atoms with van der Waals surface area (Å²) in [5, 5.41) is 0.471. The van der Waals surface area contributed by atoms with Crippen LogP contribution in [-0.4, -0.2) is 18.0 Å². The van der Waals surface area contributed by atoms with Gasteiger partial charge in [-0.15, -0.1) is 0 Å². The summed E-state index contributed by atoms with van der Waals surface area (Å²) in [6, 6.07) is 19.9. The summed E-state index contributed by atoms with van der Waals surface area (Å²) in [7, 11) is -3.91. The predicted octanol–water partition coefficient (Wildman–Crippen LogP) is 4.34. The topological polar surface area (TPSA) is 107 Å². The fourth-order valence-electron chi connectivity index (χ4n) is 4.01. The van der Waals surface area contributed by atoms with E-state index in [0.29, 0.717) is 34.5 Å². The summed E-state index contributed by atoms with van der Waals surface area (Å²) in [5.41, 5.74) is 8.04. The van der Waals surface area contributed by atoms with E-state index in [2.05, 4.69) is 4.72 Å². The average molecular weight is 477 g/mol. The normalized spacial score (nSPS) is 12.8. The maximum Gasteiger partial charge on any atom is 0.266 e. The Kier molecular flexibility index (Phi) is 6.54. The van der Waals surface area contributed by atoms with E-state index in [4.69, 9.17) is 10.7 Å². The van der Waals surface area contributed by atoms with Gasteiger partial charge in [-0.1, -0.05) is 44.2 Å². The lowest BCUT2D eigenvalue weighted by molar-refractivity contribution is 0.449. The number of nitrogens with one attached hydrogen (secondary N) is 1. The minimum Gasteiger partial charge on any atom is -0.399 e. The summed E-state index contributed by atoms with van der Waals surface area (Å²) in [5.74, 6) is 0.485. The van der Waals surface area contributed by atoms with Crippen molar-refractivity contribution in [2.45, 2.75) is 38.1 Å². The molecule has 0 spiro atoms. The molecule has 0 aliphatic carbocycles. The molecule has 4 rings (SSSR count). The van der Waals surface area contributed by atoms with E-state index in [1.807, 2.05) is 51.1 Å². The first kappa shape index (κ1) is 23.7. The molecule has 7 nitrogen and oxygen atoms in total. The van der Waals surface area contributed by atoms with Crippen molar-refractivity contribution in [1.82, 2.24) is 14.3 Å². The first-order chi connectivity index (χ1) is 16.2. The number of benzene rings is 3. The quantitative estimate of drug-likeness (QED) is 0.386. The maximum atomic E-state index is 13.7. The van der Waals surface area contributed by atoms with Crippen LogP contribution in [0.1, 0.15) is 37.7 Å². The van der Waals surface area contributed by atoms with Crippen LogP contribution in [0.15, 0.2) is 82.5 Å². The molecule has 0 saturated carbocycles. The zero-order valence-electron chi connectivity index (χ0n) is 19.4. The van der Waals surface area contributed by atoms with Gasteiger partial charge in [-0.2, -0.15) is 0 Å². The molecule has 4 aromatic rings. The number of nitrogen functional groups attached to an aromatic ring is 1. The van der Waals surface area contributed by atoms with Crippen LogP contribution < -0.4 is 16.0 Å². The zero-order valence-corrected chi connectivity index (χ0v) is 20.2. The smallest absolute Gasteiger partial charge is 0.266 e. The van der Waals surface area contributed by atoms with Crippen molar-refractivity contribution >= 4 is 26.6 Å². The molecule has 0 amide bonds. The average Bonchev–Trinajstić information content (AvgIpc) is 2.79. The second-order valence-electron chi connectivity index (χ2n) is 8.79. The number of anilines is 1. The third-order valence-electron chi connectivity index (χ3n) is 5.66. The highest BCUT2D eigenvalue weighted by Gasteiger charge is 2.28. The summed E-state index contributed by atoms with van der Waals surface area (Å²) >= 11 is 0. The molecule has 34 heavy (non-hydrogen) atoms. The standard InChI is InChI=1S/C26H28N4O3S/c1-17(2)16-23(29-34(32,33)20-14-12-19(27)13-15-20)25-28-22-10-6-5-9-21(22)26(31)30(25)24-11-7-4-8-18(24)3/h4-15,17,23,29H,16,27H2,1-3H3. The van der Waals surface area contributed by atoms with Crippen LogP contribution in [0.3, 0.4) is 0 Å². The Balaban J connectivity index is 1.95. The SMILES string of the molecule is Cc1ccccc1-n1c(C(CC(C)C)NS(=O)(=O)c2ccc(N)cc2)nc2ccccc2c1=O. The summed E-state index contributed by atoms with van der Waals surface area (Å²) < 4.78 is 31.0. The van der Waals surface area contributed by atoms with Gasteiger partial charge in [-0.25, -0.2) is 18.1 Å². The first-order valence-corrected chi connectivity index (χ1v) is 12.6. The van der Waals surface area contributed by atoms with Gasteiger partial charge >= 0.3 is 0 Å². The molecule has 0 aliphatic rings. The summed E-state index contributed by atoms with van der Waals surface area (Å²) in [6.45, 7) is 5.92. The minimum absolute atomic E-state index is 0.0982. The highest BCUT2D eigenvalue weighted by molar-refractivity contribution is 7.89. The number of aromatic nitrogens is 2. The van der Waals surface area contributed by atoms with E-state index < -0.39 is 16.1 Å². The highest BCUT2D eigenvalue weighted by Crippen LogP contribution is 2.26. The molecule has 0 bridgehead atoms. The number of hydrogen-bond acceptors (Lipinski definition) is 5. The molecule has 8 heteroatoms. The lowest BCUT2D eigenvalue weighted by atomic mass is 10.0. The van der Waals surface area contributed by atoms with Crippen molar-refractivity contribution in [2.75, 3.05) is 5.73 Å². The van der Waals surface area contributed by atoms with E-state index in [1.165, 1.54) is 16.7 Å². The first-order valence-electron chi connectivity index (χ1n) is 11.1. The summed E-state index contributed by atoms with van der Waals surface area (Å²) in [6.07, 6.45) is 0.449. The number of aryl methyl sites for hydroxylation is 1. The molecule has 0 radical (unpaired) electrons. The second kappa shape index (κ2) is 9.40. The van der Waals surface area contributed by atoms with Gasteiger partial charge in [-0.05, 0) is 67.3 Å². The van der Waals surface area contributed by atoms with Gasteiger partial charge in [0.1, 0.15) is 5.82 Å². The van der Waals surface area contributed by atoms with Gasteiger partial charge in [0.2, 0.25) is 10.0 Å². The fourth-order valence-corrected chi connectivity index (χ4v) is 5.22. The zero-order chi connectivity index (χ0) is 24.5. The van der Waals surface area contributed by atoms with Crippen molar-refractivity contribution in [3.05, 3.63) is 94.5 Å². The fraction of sp³-hybridized carbons (Fsp3) is 0.231. The van der Waals surface area contributed by atoms with Gasteiger partial charge in [0.05, 0.1) is 27.5 Å². The third-order valence-corrected chi connectivity index (χ3v) is 7.15. The molecule has 1 unspecified atom stereocenters. The molecule has 1 heterocycles. The second-order valence-corrected chi connectivity index (χ2v) is 10.5. The summed E-state index contributed by atoms with van der Waals surface area (Å²) in [4.78, 5) is 18.6. The number of sulfonamides is 1. The Bertz CT molecular complexity index is 1490. The largest absolute Gasteiger partial charge is 0.399 e. The Morgan fingerprint density at radius 1 is 0.971 bits per heavy atom. The Hall–Kier alpha value is -3.49. The molecular weight excluding hydrogens is 448 g/mol. The van der Waals surface area contributed by atoms with Gasteiger partial charge in [0.25, 0.3) is 5.56 Å². The molecule has 1 atom stereocenters. The monoisotopic (exact) mass is 476 g/mol. The molecule has 3 aromatic carbocycles. The van der Waals surface area contributed by atoms with Crippen LogP contribution in [-0.2, 0) is 10.0 Å². The Labute approximate surface area is 199 Å². The number of rotatable bonds is 7. The van der Waals surface area contributed by atoms with E-state index >= 15 is 0 Å². The Morgan fingerprint density at radius 2 is 1.62 bits per heavy atom. The molecular formula is C26H28N4O3S. The van der Waals surface area contributed by atoms with E-state index in [9.17, 15) is 13.2 Å². The molecule has 0 saturated heterocycles. The van der Waals surface area contributed by atoms with Crippen molar-refractivity contribution in [2.24, 2.45) is 5.92 Å². The Morgan fingerprint density at radius 3 is 2.29 bits per heavy atom. The van der Waals surface area contributed by atoms with Crippen LogP contribution in [0.25, 0.3) is 16.6 Å². The van der Waals surface area contributed by atoms with Gasteiger partial charge < -0.3 is 5.73 Å². The van der Waals surface area contributed by atoms with E-state index in [0.717, 1.165) is 5.56 Å². The van der Waals surface area contributed by atoms with Crippen molar-refractivity contribution in [1.29, 1.82) is 0 Å². The van der Waals surface area contributed by atoms with Crippen LogP contribution in [0.5, 0.6) is 0 Å². The molecule has 3 N–H and O–H groups in total. The van der Waals surface area contributed by atoms with Crippen molar-refractivity contribution in [3.63, 3.8) is 0 Å².